The lowest BCUT2D eigenvalue weighted by atomic mass is 9.85. The molecule has 1 fully saturated rings. The van der Waals surface area contributed by atoms with Gasteiger partial charge in [-0.25, -0.2) is 0 Å². The van der Waals surface area contributed by atoms with Gasteiger partial charge < -0.3 is 9.47 Å². The predicted molar refractivity (Wildman–Crippen MR) is 55.9 cm³/mol. The standard InChI is InChI=1S/C12H18O2/c1-9(2)10-3-5-11(6-4-10)12-13-7-8-14-12/h5,10,12H,1,3-4,6-8H2,2H3/t10-/m1/s1/i1D2. The van der Waals surface area contributed by atoms with Crippen molar-refractivity contribution in [2.45, 2.75) is 32.5 Å². The highest BCUT2D eigenvalue weighted by atomic mass is 16.7. The summed E-state index contributed by atoms with van der Waals surface area (Å²) in [5.74, 6) is 0.357. The molecule has 1 saturated heterocycles. The highest BCUT2D eigenvalue weighted by molar-refractivity contribution is 5.14. The first kappa shape index (κ1) is 7.66. The van der Waals surface area contributed by atoms with Crippen molar-refractivity contribution in [2.75, 3.05) is 13.2 Å². The van der Waals surface area contributed by atoms with Gasteiger partial charge in [0.15, 0.2) is 6.29 Å². The van der Waals surface area contributed by atoms with Crippen molar-refractivity contribution in [3.8, 4) is 0 Å². The Hall–Kier alpha value is -0.600. The lowest BCUT2D eigenvalue weighted by Gasteiger charge is -2.24. The molecule has 2 nitrogen and oxygen atoms in total. The van der Waals surface area contributed by atoms with Gasteiger partial charge in [-0.3, -0.25) is 0 Å². The van der Waals surface area contributed by atoms with E-state index < -0.39 is 0 Å². The van der Waals surface area contributed by atoms with Crippen LogP contribution in [0.25, 0.3) is 0 Å². The molecule has 1 aliphatic heterocycles. The normalized spacial score (nSPS) is 30.6. The Morgan fingerprint density at radius 3 is 2.93 bits per heavy atom. The van der Waals surface area contributed by atoms with E-state index >= 15 is 0 Å². The second-order valence-corrected chi connectivity index (χ2v) is 4.01. The second-order valence-electron chi connectivity index (χ2n) is 4.01. The van der Waals surface area contributed by atoms with Crippen molar-refractivity contribution in [3.05, 3.63) is 23.8 Å². The molecule has 2 rings (SSSR count). The minimum absolute atomic E-state index is 0.0322. The molecule has 0 radical (unpaired) electrons. The number of rotatable bonds is 2. The first-order chi connectivity index (χ1) is 7.68. The first-order valence-electron chi connectivity index (χ1n) is 6.24. The molecule has 0 N–H and O–H groups in total. The molecule has 0 aromatic carbocycles. The molecule has 0 spiro atoms. The molecular weight excluding hydrogens is 176 g/mol. The third-order valence-corrected chi connectivity index (χ3v) is 2.98. The molecular formula is C12H18O2. The van der Waals surface area contributed by atoms with E-state index in [0.717, 1.165) is 24.8 Å². The van der Waals surface area contributed by atoms with E-state index in [0.29, 0.717) is 19.1 Å². The molecule has 2 aliphatic rings. The van der Waals surface area contributed by atoms with Crippen LogP contribution in [0.5, 0.6) is 0 Å². The Morgan fingerprint density at radius 1 is 1.57 bits per heavy atom. The lowest BCUT2D eigenvalue weighted by molar-refractivity contribution is -0.0149. The highest BCUT2D eigenvalue weighted by Crippen LogP contribution is 2.31. The minimum Gasteiger partial charge on any atom is -0.346 e. The Kier molecular flexibility index (Phi) is 2.34. The van der Waals surface area contributed by atoms with Crippen LogP contribution in [0.2, 0.25) is 0 Å². The van der Waals surface area contributed by atoms with E-state index in [9.17, 15) is 0 Å². The second kappa shape index (κ2) is 4.28. The van der Waals surface area contributed by atoms with Gasteiger partial charge >= 0.3 is 0 Å². The Bertz CT molecular complexity index is 313. The van der Waals surface area contributed by atoms with Crippen molar-refractivity contribution in [3.63, 3.8) is 0 Å². The molecule has 1 atom stereocenters. The Balaban J connectivity index is 1.96. The summed E-state index contributed by atoms with van der Waals surface area (Å²) < 4.78 is 25.5. The maximum Gasteiger partial charge on any atom is 0.179 e. The van der Waals surface area contributed by atoms with Gasteiger partial charge in [-0.1, -0.05) is 18.2 Å². The molecule has 1 heterocycles. The van der Waals surface area contributed by atoms with Crippen LogP contribution in [0, 0.1) is 5.92 Å². The molecule has 0 saturated carbocycles. The summed E-state index contributed by atoms with van der Waals surface area (Å²) in [5.41, 5.74) is 2.13. The minimum atomic E-state index is -0.128. The summed E-state index contributed by atoms with van der Waals surface area (Å²) >= 11 is 0. The Labute approximate surface area is 88.4 Å². The molecule has 78 valence electrons. The fourth-order valence-corrected chi connectivity index (χ4v) is 2.03. The number of allylic oxidation sites excluding steroid dienone is 2. The SMILES string of the molecule is [2H]C([2H])=C(C)[C@@H]1CC=C(C2OCCO2)CC1. The summed E-state index contributed by atoms with van der Waals surface area (Å²) in [5, 5.41) is 0. The van der Waals surface area contributed by atoms with Crippen molar-refractivity contribution in [1.82, 2.24) is 0 Å². The topological polar surface area (TPSA) is 18.5 Å². The van der Waals surface area contributed by atoms with Crippen molar-refractivity contribution >= 4 is 0 Å². The van der Waals surface area contributed by atoms with Crippen LogP contribution in [0.1, 0.15) is 28.9 Å². The van der Waals surface area contributed by atoms with E-state index in [-0.39, 0.29) is 12.8 Å². The molecule has 0 unspecified atom stereocenters. The molecule has 0 amide bonds. The summed E-state index contributed by atoms with van der Waals surface area (Å²) in [4.78, 5) is 0. The van der Waals surface area contributed by atoms with Gasteiger partial charge in [0.05, 0.1) is 16.0 Å². The van der Waals surface area contributed by atoms with E-state index in [1.165, 1.54) is 5.57 Å². The van der Waals surface area contributed by atoms with Crippen LogP contribution in [-0.4, -0.2) is 19.5 Å². The van der Waals surface area contributed by atoms with E-state index in [2.05, 4.69) is 6.08 Å². The molecule has 1 aliphatic carbocycles. The predicted octanol–water partition coefficient (Wildman–Crippen LogP) is 2.66. The zero-order valence-corrected chi connectivity index (χ0v) is 8.58. The van der Waals surface area contributed by atoms with Crippen LogP contribution in [-0.2, 0) is 9.47 Å². The Morgan fingerprint density at radius 2 is 2.36 bits per heavy atom. The molecule has 0 aromatic rings. The van der Waals surface area contributed by atoms with Gasteiger partial charge in [-0.15, -0.1) is 0 Å². The fourth-order valence-electron chi connectivity index (χ4n) is 2.03. The van der Waals surface area contributed by atoms with Gasteiger partial charge in [0.2, 0.25) is 0 Å². The quantitative estimate of drug-likeness (QED) is 0.632. The molecule has 0 bridgehead atoms. The maximum atomic E-state index is 7.31. The van der Waals surface area contributed by atoms with Gasteiger partial charge in [-0.05, 0) is 37.7 Å². The van der Waals surface area contributed by atoms with Crippen molar-refractivity contribution < 1.29 is 12.2 Å². The smallest absolute Gasteiger partial charge is 0.179 e. The summed E-state index contributed by atoms with van der Waals surface area (Å²) in [7, 11) is 0. The first-order valence-corrected chi connectivity index (χ1v) is 5.24. The van der Waals surface area contributed by atoms with Gasteiger partial charge in [0, 0.05) is 0 Å². The maximum absolute atomic E-state index is 7.31. The zero-order chi connectivity index (χ0) is 11.5. The van der Waals surface area contributed by atoms with Crippen LogP contribution in [0.3, 0.4) is 0 Å². The van der Waals surface area contributed by atoms with E-state index in [1.54, 1.807) is 0 Å². The summed E-state index contributed by atoms with van der Waals surface area (Å²) in [6.45, 7) is 3.23. The monoisotopic (exact) mass is 196 g/mol. The molecule has 14 heavy (non-hydrogen) atoms. The highest BCUT2D eigenvalue weighted by Gasteiger charge is 2.24. The van der Waals surface area contributed by atoms with Crippen molar-refractivity contribution in [1.29, 1.82) is 0 Å². The van der Waals surface area contributed by atoms with Crippen LogP contribution in [0.4, 0.5) is 0 Å². The number of hydrogen-bond acceptors (Lipinski definition) is 2. The fraction of sp³-hybridized carbons (Fsp3) is 0.667. The third kappa shape index (κ3) is 2.07. The molecule has 2 heteroatoms. The lowest BCUT2D eigenvalue weighted by Crippen LogP contribution is -2.16. The van der Waals surface area contributed by atoms with E-state index in [1.807, 2.05) is 6.92 Å². The number of hydrogen-bond donors (Lipinski definition) is 0. The van der Waals surface area contributed by atoms with Gasteiger partial charge in [0.25, 0.3) is 0 Å². The average molecular weight is 196 g/mol. The van der Waals surface area contributed by atoms with Crippen molar-refractivity contribution in [2.24, 2.45) is 5.92 Å². The van der Waals surface area contributed by atoms with Crippen LogP contribution < -0.4 is 0 Å². The summed E-state index contributed by atoms with van der Waals surface area (Å²) in [6.07, 6.45) is 4.90. The van der Waals surface area contributed by atoms with Gasteiger partial charge in [0.1, 0.15) is 0 Å². The zero-order valence-electron chi connectivity index (χ0n) is 10.6. The average Bonchev–Trinajstić information content (AvgIpc) is 2.81. The van der Waals surface area contributed by atoms with Crippen LogP contribution >= 0.6 is 0 Å². The summed E-state index contributed by atoms with van der Waals surface area (Å²) in [6, 6.07) is 0. The van der Waals surface area contributed by atoms with Crippen LogP contribution in [0.15, 0.2) is 23.8 Å². The largest absolute Gasteiger partial charge is 0.346 e. The number of ether oxygens (including phenoxy) is 2. The van der Waals surface area contributed by atoms with Gasteiger partial charge in [-0.2, -0.15) is 0 Å². The molecule has 0 aromatic heterocycles. The third-order valence-electron chi connectivity index (χ3n) is 2.98. The van der Waals surface area contributed by atoms with E-state index in [4.69, 9.17) is 12.2 Å².